The van der Waals surface area contributed by atoms with Crippen LogP contribution in [-0.4, -0.2) is 26.7 Å². The third-order valence-electron chi connectivity index (χ3n) is 4.60. The lowest BCUT2D eigenvalue weighted by Crippen LogP contribution is -2.44. The van der Waals surface area contributed by atoms with Gasteiger partial charge in [-0.05, 0) is 54.9 Å². The number of methoxy groups -OCH3 is 1. The van der Waals surface area contributed by atoms with Gasteiger partial charge in [0.05, 0.1) is 7.11 Å². The van der Waals surface area contributed by atoms with E-state index in [4.69, 9.17) is 10.5 Å². The molecule has 0 radical (unpaired) electrons. The Labute approximate surface area is 123 Å². The summed E-state index contributed by atoms with van der Waals surface area (Å²) in [7, 11) is 3.85. The summed E-state index contributed by atoms with van der Waals surface area (Å²) in [4.78, 5) is 2.31. The first-order valence-corrected chi connectivity index (χ1v) is 7.52. The van der Waals surface area contributed by atoms with Crippen molar-refractivity contribution in [3.63, 3.8) is 0 Å². The zero-order valence-corrected chi connectivity index (χ0v) is 13.2. The summed E-state index contributed by atoms with van der Waals surface area (Å²) < 4.78 is 5.20. The number of nitrogens with two attached hydrogens (primary N) is 1. The number of hydrogen-bond donors (Lipinski definition) is 1. The van der Waals surface area contributed by atoms with Gasteiger partial charge in [0, 0.05) is 25.3 Å². The molecule has 1 aromatic carbocycles. The standard InChI is InChI=1S/C17H28N2O/c1-17(2)10-9-16(18)13(11-17)12-19(3)14-5-7-15(20-4)8-6-14/h5-8,13,16H,9-12,18H2,1-4H3. The predicted octanol–water partition coefficient (Wildman–Crippen LogP) is 3.29. The van der Waals surface area contributed by atoms with Crippen molar-refractivity contribution in [3.8, 4) is 5.75 Å². The minimum atomic E-state index is 0.337. The summed E-state index contributed by atoms with van der Waals surface area (Å²) >= 11 is 0. The molecule has 0 heterocycles. The molecule has 0 saturated heterocycles. The molecule has 2 N–H and O–H groups in total. The Morgan fingerprint density at radius 2 is 1.95 bits per heavy atom. The summed E-state index contributed by atoms with van der Waals surface area (Å²) in [6.45, 7) is 5.75. The highest BCUT2D eigenvalue weighted by atomic mass is 16.5. The number of anilines is 1. The molecule has 3 nitrogen and oxygen atoms in total. The van der Waals surface area contributed by atoms with Gasteiger partial charge >= 0.3 is 0 Å². The lowest BCUT2D eigenvalue weighted by atomic mass is 9.70. The number of nitrogens with zero attached hydrogens (tertiary/aromatic N) is 1. The van der Waals surface area contributed by atoms with E-state index in [0.717, 1.165) is 18.7 Å². The zero-order chi connectivity index (χ0) is 14.8. The fraction of sp³-hybridized carbons (Fsp3) is 0.647. The van der Waals surface area contributed by atoms with E-state index in [-0.39, 0.29) is 0 Å². The number of rotatable bonds is 4. The van der Waals surface area contributed by atoms with Gasteiger partial charge in [-0.15, -0.1) is 0 Å². The van der Waals surface area contributed by atoms with Crippen LogP contribution in [0, 0.1) is 11.3 Å². The Kier molecular flexibility index (Phi) is 4.59. The minimum absolute atomic E-state index is 0.337. The Morgan fingerprint density at radius 1 is 1.30 bits per heavy atom. The number of benzene rings is 1. The monoisotopic (exact) mass is 276 g/mol. The van der Waals surface area contributed by atoms with Crippen molar-refractivity contribution < 1.29 is 4.74 Å². The highest BCUT2D eigenvalue weighted by Gasteiger charge is 2.33. The predicted molar refractivity (Wildman–Crippen MR) is 85.4 cm³/mol. The smallest absolute Gasteiger partial charge is 0.119 e. The maximum Gasteiger partial charge on any atom is 0.119 e. The van der Waals surface area contributed by atoms with E-state index in [2.05, 4.69) is 37.9 Å². The fourth-order valence-corrected chi connectivity index (χ4v) is 3.25. The highest BCUT2D eigenvalue weighted by molar-refractivity contribution is 5.48. The van der Waals surface area contributed by atoms with Gasteiger partial charge in [-0.1, -0.05) is 13.8 Å². The first kappa shape index (κ1) is 15.2. The summed E-state index contributed by atoms with van der Waals surface area (Å²) in [5, 5.41) is 0. The second-order valence-corrected chi connectivity index (χ2v) is 6.91. The molecular formula is C17H28N2O. The molecule has 20 heavy (non-hydrogen) atoms. The molecule has 0 aliphatic heterocycles. The second kappa shape index (κ2) is 6.04. The third kappa shape index (κ3) is 3.66. The number of ether oxygens (including phenoxy) is 1. The van der Waals surface area contributed by atoms with E-state index < -0.39 is 0 Å². The van der Waals surface area contributed by atoms with Gasteiger partial charge in [-0.3, -0.25) is 0 Å². The van der Waals surface area contributed by atoms with Crippen molar-refractivity contribution in [1.82, 2.24) is 0 Å². The second-order valence-electron chi connectivity index (χ2n) is 6.91. The molecule has 0 spiro atoms. The summed E-state index contributed by atoms with van der Waals surface area (Å²) in [6.07, 6.45) is 3.61. The molecule has 1 fully saturated rings. The van der Waals surface area contributed by atoms with Gasteiger partial charge in [0.25, 0.3) is 0 Å². The first-order chi connectivity index (χ1) is 9.41. The molecule has 2 rings (SSSR count). The Balaban J connectivity index is 2.00. The van der Waals surface area contributed by atoms with Crippen LogP contribution < -0.4 is 15.4 Å². The Morgan fingerprint density at radius 3 is 2.55 bits per heavy atom. The van der Waals surface area contributed by atoms with Crippen molar-refractivity contribution in [1.29, 1.82) is 0 Å². The maximum absolute atomic E-state index is 6.33. The third-order valence-corrected chi connectivity index (χ3v) is 4.60. The fourth-order valence-electron chi connectivity index (χ4n) is 3.25. The van der Waals surface area contributed by atoms with E-state index in [1.54, 1.807) is 7.11 Å². The van der Waals surface area contributed by atoms with E-state index in [9.17, 15) is 0 Å². The molecule has 3 heteroatoms. The Bertz CT molecular complexity index is 427. The van der Waals surface area contributed by atoms with Crippen LogP contribution in [0.5, 0.6) is 5.75 Å². The van der Waals surface area contributed by atoms with E-state index in [1.807, 2.05) is 12.1 Å². The van der Waals surface area contributed by atoms with Gasteiger partial charge in [0.2, 0.25) is 0 Å². The zero-order valence-electron chi connectivity index (χ0n) is 13.2. The first-order valence-electron chi connectivity index (χ1n) is 7.52. The van der Waals surface area contributed by atoms with Crippen LogP contribution in [-0.2, 0) is 0 Å². The topological polar surface area (TPSA) is 38.5 Å². The number of hydrogen-bond acceptors (Lipinski definition) is 3. The van der Waals surface area contributed by atoms with Crippen LogP contribution in [0.15, 0.2) is 24.3 Å². The van der Waals surface area contributed by atoms with Crippen LogP contribution in [0.4, 0.5) is 5.69 Å². The molecule has 112 valence electrons. The van der Waals surface area contributed by atoms with Crippen molar-refractivity contribution in [2.75, 3.05) is 25.6 Å². The molecule has 1 aliphatic rings. The van der Waals surface area contributed by atoms with Gasteiger partial charge in [-0.2, -0.15) is 0 Å². The summed E-state index contributed by atoms with van der Waals surface area (Å²) in [5.41, 5.74) is 7.98. The van der Waals surface area contributed by atoms with Gasteiger partial charge < -0.3 is 15.4 Å². The Hall–Kier alpha value is -1.22. The van der Waals surface area contributed by atoms with Crippen molar-refractivity contribution in [2.24, 2.45) is 17.1 Å². The van der Waals surface area contributed by atoms with Crippen LogP contribution >= 0.6 is 0 Å². The van der Waals surface area contributed by atoms with E-state index in [0.29, 0.717) is 17.4 Å². The summed E-state index contributed by atoms with van der Waals surface area (Å²) in [5.74, 6) is 1.48. The quantitative estimate of drug-likeness (QED) is 0.917. The molecule has 0 aromatic heterocycles. The lowest BCUT2D eigenvalue weighted by Gasteiger charge is -2.41. The van der Waals surface area contributed by atoms with Gasteiger partial charge in [0.15, 0.2) is 0 Å². The molecular weight excluding hydrogens is 248 g/mol. The molecule has 1 aliphatic carbocycles. The molecule has 2 unspecified atom stereocenters. The van der Waals surface area contributed by atoms with E-state index >= 15 is 0 Å². The molecule has 0 amide bonds. The average molecular weight is 276 g/mol. The molecule has 1 aromatic rings. The van der Waals surface area contributed by atoms with Gasteiger partial charge in [0.1, 0.15) is 5.75 Å². The average Bonchev–Trinajstić information content (AvgIpc) is 2.43. The van der Waals surface area contributed by atoms with Crippen LogP contribution in [0.2, 0.25) is 0 Å². The van der Waals surface area contributed by atoms with Crippen LogP contribution in [0.3, 0.4) is 0 Å². The largest absolute Gasteiger partial charge is 0.497 e. The van der Waals surface area contributed by atoms with Crippen LogP contribution in [0.1, 0.15) is 33.1 Å². The van der Waals surface area contributed by atoms with Gasteiger partial charge in [-0.25, -0.2) is 0 Å². The van der Waals surface area contributed by atoms with Crippen molar-refractivity contribution >= 4 is 5.69 Å². The highest BCUT2D eigenvalue weighted by Crippen LogP contribution is 2.38. The maximum atomic E-state index is 6.33. The van der Waals surface area contributed by atoms with Crippen molar-refractivity contribution in [2.45, 2.75) is 39.2 Å². The summed E-state index contributed by atoms with van der Waals surface area (Å²) in [6, 6.07) is 8.58. The normalized spacial score (nSPS) is 25.2. The molecule has 1 saturated carbocycles. The van der Waals surface area contributed by atoms with Crippen molar-refractivity contribution in [3.05, 3.63) is 24.3 Å². The minimum Gasteiger partial charge on any atom is -0.497 e. The SMILES string of the molecule is COc1ccc(N(C)CC2CC(C)(C)CCC2N)cc1. The lowest BCUT2D eigenvalue weighted by molar-refractivity contribution is 0.161. The van der Waals surface area contributed by atoms with Crippen LogP contribution in [0.25, 0.3) is 0 Å². The molecule has 2 atom stereocenters. The molecule has 0 bridgehead atoms. The van der Waals surface area contributed by atoms with E-state index in [1.165, 1.54) is 18.5 Å².